The summed E-state index contributed by atoms with van der Waals surface area (Å²) in [4.78, 5) is 0. The summed E-state index contributed by atoms with van der Waals surface area (Å²) < 4.78 is 0. The van der Waals surface area contributed by atoms with Gasteiger partial charge >= 0.3 is 0 Å². The van der Waals surface area contributed by atoms with Crippen LogP contribution in [0.2, 0.25) is 0 Å². The molecule has 6 atom stereocenters. The number of unbranched alkanes of at least 4 members (excludes halogenated alkanes) is 6. The van der Waals surface area contributed by atoms with Gasteiger partial charge in [0.25, 0.3) is 0 Å². The van der Waals surface area contributed by atoms with E-state index in [1.165, 1.54) is 96.3 Å². The van der Waals surface area contributed by atoms with E-state index in [1.807, 2.05) is 0 Å². The van der Waals surface area contributed by atoms with Crippen molar-refractivity contribution in [2.75, 3.05) is 0 Å². The monoisotopic (exact) mass is 644 g/mol. The van der Waals surface area contributed by atoms with Crippen molar-refractivity contribution < 1.29 is 0 Å². The van der Waals surface area contributed by atoms with Crippen LogP contribution in [0.15, 0.2) is 0 Å². The van der Waals surface area contributed by atoms with Gasteiger partial charge in [-0.1, -0.05) is 92.9 Å². The number of hydrogen-bond acceptors (Lipinski definition) is 3. The van der Waals surface area contributed by atoms with E-state index in [2.05, 4.69) is 120 Å². The summed E-state index contributed by atoms with van der Waals surface area (Å²) in [6.45, 7) is 36.9. The molecule has 3 rings (SSSR count). The normalized spacial score (nSPS) is 36.8. The van der Waals surface area contributed by atoms with Crippen molar-refractivity contribution in [2.45, 2.75) is 233 Å². The summed E-state index contributed by atoms with van der Waals surface area (Å²) in [5.74, 6) is 5.35. The minimum absolute atomic E-state index is 0.210. The lowest BCUT2D eigenvalue weighted by molar-refractivity contribution is -0.00621. The van der Waals surface area contributed by atoms with E-state index in [1.54, 1.807) is 0 Å². The van der Waals surface area contributed by atoms with Gasteiger partial charge in [-0.3, -0.25) is 0 Å². The first-order valence-electron chi connectivity index (χ1n) is 20.4. The van der Waals surface area contributed by atoms with Crippen LogP contribution in [0.5, 0.6) is 0 Å². The zero-order valence-corrected chi connectivity index (χ0v) is 34.1. The summed E-state index contributed by atoms with van der Waals surface area (Å²) in [5.41, 5.74) is 1.44. The molecule has 0 bridgehead atoms. The number of nitrogens with one attached hydrogen (secondary N) is 3. The van der Waals surface area contributed by atoms with Crippen LogP contribution in [0.25, 0.3) is 0 Å². The number of piperidine rings is 3. The molecule has 3 N–H and O–H groups in total. The molecule has 3 heterocycles. The van der Waals surface area contributed by atoms with Crippen molar-refractivity contribution in [3.8, 4) is 0 Å². The first-order chi connectivity index (χ1) is 21.0. The van der Waals surface area contributed by atoms with Gasteiger partial charge in [0.1, 0.15) is 0 Å². The summed E-state index contributed by atoms with van der Waals surface area (Å²) >= 11 is 0. The van der Waals surface area contributed by atoms with Crippen molar-refractivity contribution in [3.63, 3.8) is 0 Å². The van der Waals surface area contributed by atoms with Gasteiger partial charge in [0.2, 0.25) is 0 Å². The Morgan fingerprint density at radius 2 is 0.783 bits per heavy atom. The van der Waals surface area contributed by atoms with Crippen molar-refractivity contribution in [2.24, 2.45) is 41.4 Å². The molecule has 3 fully saturated rings. The van der Waals surface area contributed by atoms with Gasteiger partial charge in [-0.15, -0.1) is 0 Å². The second-order valence-electron chi connectivity index (χ2n) is 21.1. The Morgan fingerprint density at radius 1 is 0.435 bits per heavy atom. The van der Waals surface area contributed by atoms with Gasteiger partial charge in [-0.25, -0.2) is 0 Å². The fraction of sp³-hybridized carbons (Fsp3) is 1.00. The van der Waals surface area contributed by atoms with Crippen LogP contribution in [-0.4, -0.2) is 33.2 Å². The van der Waals surface area contributed by atoms with Crippen molar-refractivity contribution >= 4 is 0 Å². The van der Waals surface area contributed by atoms with E-state index in [-0.39, 0.29) is 27.7 Å². The number of rotatable bonds is 15. The van der Waals surface area contributed by atoms with Gasteiger partial charge < -0.3 is 16.0 Å². The second kappa shape index (κ2) is 15.4. The SMILES string of the molecule is CC(C)C1(C)CC(CCCCCCCCCC(C2CC(C)(C)NC(C)(C(C)C)C2)C2CC(C)(C)NC(C)(C(C)C)C2)CC(C)(C)N1. The molecule has 3 saturated heterocycles. The highest BCUT2D eigenvalue weighted by Gasteiger charge is 2.50. The van der Waals surface area contributed by atoms with Gasteiger partial charge in [0.15, 0.2) is 0 Å². The molecule has 3 nitrogen and oxygen atoms in total. The Labute approximate surface area is 290 Å². The highest BCUT2D eigenvalue weighted by Crippen LogP contribution is 2.49. The molecule has 6 unspecified atom stereocenters. The number of hydrogen-bond donors (Lipinski definition) is 3. The van der Waals surface area contributed by atoms with Gasteiger partial charge in [0.05, 0.1) is 0 Å². The third kappa shape index (κ3) is 10.9. The van der Waals surface area contributed by atoms with Crippen molar-refractivity contribution in [1.82, 2.24) is 16.0 Å². The van der Waals surface area contributed by atoms with Crippen LogP contribution in [-0.2, 0) is 0 Å². The first-order valence-corrected chi connectivity index (χ1v) is 20.4. The lowest BCUT2D eigenvalue weighted by atomic mass is 9.59. The Morgan fingerprint density at radius 3 is 1.20 bits per heavy atom. The molecule has 0 saturated carbocycles. The van der Waals surface area contributed by atoms with Gasteiger partial charge in [-0.2, -0.15) is 0 Å². The Balaban J connectivity index is 1.55. The van der Waals surface area contributed by atoms with Gasteiger partial charge in [0, 0.05) is 33.2 Å². The average molecular weight is 644 g/mol. The highest BCUT2D eigenvalue weighted by atomic mass is 15.1. The Kier molecular flexibility index (Phi) is 13.5. The van der Waals surface area contributed by atoms with E-state index >= 15 is 0 Å². The standard InChI is InChI=1S/C43H85N3/c1-31(2)41(13)26-34(25-38(7,8)44-41)23-21-19-17-16-18-20-22-24-37(35-27-39(9,10)45-42(14,29-35)32(3)4)36-28-40(11,12)46-43(15,30-36)33(5)6/h31-37,44-46H,16-30H2,1-15H3. The molecule has 0 aromatic rings. The second-order valence-corrected chi connectivity index (χ2v) is 21.1. The molecule has 0 aliphatic carbocycles. The third-order valence-electron chi connectivity index (χ3n) is 14.0. The largest absolute Gasteiger partial charge is 0.306 e. The van der Waals surface area contributed by atoms with Crippen LogP contribution in [0.4, 0.5) is 0 Å². The predicted molar refractivity (Wildman–Crippen MR) is 205 cm³/mol. The lowest BCUT2D eigenvalue weighted by Gasteiger charge is -2.56. The van der Waals surface area contributed by atoms with E-state index in [0.29, 0.717) is 23.3 Å². The summed E-state index contributed by atoms with van der Waals surface area (Å²) in [6.07, 6.45) is 20.9. The predicted octanol–water partition coefficient (Wildman–Crippen LogP) is 11.7. The maximum Gasteiger partial charge on any atom is 0.0183 e. The molecule has 0 spiro atoms. The van der Waals surface area contributed by atoms with E-state index in [9.17, 15) is 0 Å². The van der Waals surface area contributed by atoms with Crippen molar-refractivity contribution in [1.29, 1.82) is 0 Å². The Bertz CT molecular complexity index is 888. The fourth-order valence-electron chi connectivity index (χ4n) is 11.1. The molecule has 46 heavy (non-hydrogen) atoms. The van der Waals surface area contributed by atoms with Crippen LogP contribution < -0.4 is 16.0 Å². The third-order valence-corrected chi connectivity index (χ3v) is 14.0. The minimum Gasteiger partial charge on any atom is -0.306 e. The minimum atomic E-state index is 0.210. The summed E-state index contributed by atoms with van der Waals surface area (Å²) in [6, 6.07) is 0. The molecule has 0 aromatic heterocycles. The van der Waals surface area contributed by atoms with Crippen molar-refractivity contribution in [3.05, 3.63) is 0 Å². The smallest absolute Gasteiger partial charge is 0.0183 e. The molecular formula is C43H85N3. The molecule has 0 amide bonds. The average Bonchev–Trinajstić information content (AvgIpc) is 2.86. The molecule has 3 aliphatic heterocycles. The maximum atomic E-state index is 4.13. The Hall–Kier alpha value is -0.120. The molecule has 0 radical (unpaired) electrons. The molecule has 3 aliphatic rings. The molecule has 0 aromatic carbocycles. The van der Waals surface area contributed by atoms with E-state index in [0.717, 1.165) is 23.7 Å². The first kappa shape index (κ1) is 40.3. The maximum absolute atomic E-state index is 4.13. The lowest BCUT2D eigenvalue weighted by Crippen LogP contribution is -2.64. The zero-order chi connectivity index (χ0) is 34.8. The van der Waals surface area contributed by atoms with E-state index < -0.39 is 0 Å². The van der Waals surface area contributed by atoms with Crippen LogP contribution in [0, 0.1) is 41.4 Å². The fourth-order valence-corrected chi connectivity index (χ4v) is 11.1. The highest BCUT2D eigenvalue weighted by molar-refractivity contribution is 5.07. The quantitative estimate of drug-likeness (QED) is 0.155. The topological polar surface area (TPSA) is 36.1 Å². The zero-order valence-electron chi connectivity index (χ0n) is 34.1. The van der Waals surface area contributed by atoms with Crippen LogP contribution >= 0.6 is 0 Å². The molecular weight excluding hydrogens is 558 g/mol. The molecule has 272 valence electrons. The molecule has 3 heteroatoms. The summed E-state index contributed by atoms with van der Waals surface area (Å²) in [7, 11) is 0. The van der Waals surface area contributed by atoms with Crippen LogP contribution in [0.1, 0.15) is 200 Å². The van der Waals surface area contributed by atoms with Crippen LogP contribution in [0.3, 0.4) is 0 Å². The summed E-state index contributed by atoms with van der Waals surface area (Å²) in [5, 5.41) is 12.2. The van der Waals surface area contributed by atoms with Gasteiger partial charge in [-0.05, 0) is 149 Å². The van der Waals surface area contributed by atoms with E-state index in [4.69, 9.17) is 0 Å².